The van der Waals surface area contributed by atoms with Gasteiger partial charge in [-0.25, -0.2) is 4.98 Å². The van der Waals surface area contributed by atoms with E-state index in [1.807, 2.05) is 6.07 Å². The predicted molar refractivity (Wildman–Crippen MR) is 97.9 cm³/mol. The average molecular weight is 384 g/mol. The molecule has 0 spiro atoms. The average Bonchev–Trinajstić information content (AvgIpc) is 3.10. The molecule has 0 N–H and O–H groups in total. The maximum atomic E-state index is 13.0. The normalized spacial score (nSPS) is 11.7. The molecular weight excluding hydrogens is 369 g/mol. The number of benzene rings is 1. The van der Waals surface area contributed by atoms with Crippen molar-refractivity contribution < 1.29 is 17.9 Å². The molecule has 0 radical (unpaired) electrons. The van der Waals surface area contributed by atoms with E-state index < -0.39 is 11.7 Å². The van der Waals surface area contributed by atoms with Crippen LogP contribution in [0.25, 0.3) is 22.2 Å². The summed E-state index contributed by atoms with van der Waals surface area (Å²) in [5.74, 6) is 0.494. The first-order chi connectivity index (χ1) is 13.5. The Morgan fingerprint density at radius 2 is 1.86 bits per heavy atom. The number of aromatic nitrogens is 4. The molecule has 1 aromatic carbocycles. The summed E-state index contributed by atoms with van der Waals surface area (Å²) in [5.41, 5.74) is 2.52. The van der Waals surface area contributed by atoms with Gasteiger partial charge in [0.05, 0.1) is 30.9 Å². The van der Waals surface area contributed by atoms with Crippen molar-refractivity contribution >= 4 is 11.0 Å². The zero-order valence-corrected chi connectivity index (χ0v) is 14.8. The van der Waals surface area contributed by atoms with Crippen LogP contribution in [0.1, 0.15) is 11.1 Å². The van der Waals surface area contributed by atoms with Crippen molar-refractivity contribution in [3.05, 3.63) is 72.2 Å². The number of fused-ring (bicyclic) bond motifs is 1. The molecule has 0 aliphatic carbocycles. The molecule has 28 heavy (non-hydrogen) atoms. The summed E-state index contributed by atoms with van der Waals surface area (Å²) < 4.78 is 46.0. The third-order valence-electron chi connectivity index (χ3n) is 4.38. The molecule has 0 aliphatic rings. The Morgan fingerprint density at radius 1 is 1.00 bits per heavy atom. The van der Waals surface area contributed by atoms with Crippen molar-refractivity contribution in [1.82, 2.24) is 19.7 Å². The van der Waals surface area contributed by atoms with Crippen LogP contribution in [0.4, 0.5) is 13.2 Å². The fraction of sp³-hybridized carbons (Fsp3) is 0.150. The molecule has 3 heterocycles. The number of hydrogen-bond acceptors (Lipinski definition) is 4. The third-order valence-corrected chi connectivity index (χ3v) is 4.38. The molecule has 0 saturated carbocycles. The van der Waals surface area contributed by atoms with Crippen LogP contribution in [0.5, 0.6) is 5.88 Å². The first-order valence-corrected chi connectivity index (χ1v) is 8.43. The fourth-order valence-corrected chi connectivity index (χ4v) is 3.01. The van der Waals surface area contributed by atoms with E-state index in [4.69, 9.17) is 4.74 Å². The summed E-state index contributed by atoms with van der Waals surface area (Å²) in [5, 5.41) is 4.35. The van der Waals surface area contributed by atoms with E-state index in [1.54, 1.807) is 48.6 Å². The van der Waals surface area contributed by atoms with E-state index in [-0.39, 0.29) is 0 Å². The maximum Gasteiger partial charge on any atom is 0.416 e. The van der Waals surface area contributed by atoms with Gasteiger partial charge in [0, 0.05) is 23.5 Å². The van der Waals surface area contributed by atoms with Crippen LogP contribution in [0.2, 0.25) is 0 Å². The van der Waals surface area contributed by atoms with E-state index in [9.17, 15) is 13.2 Å². The molecule has 0 saturated heterocycles. The molecule has 3 aromatic heterocycles. The monoisotopic (exact) mass is 384 g/mol. The van der Waals surface area contributed by atoms with Gasteiger partial charge in [0.15, 0.2) is 0 Å². The molecule has 0 unspecified atom stereocenters. The molecular formula is C20H15F3N4O. The van der Waals surface area contributed by atoms with E-state index in [2.05, 4.69) is 15.1 Å². The van der Waals surface area contributed by atoms with Crippen LogP contribution in [0.15, 0.2) is 61.1 Å². The van der Waals surface area contributed by atoms with Gasteiger partial charge in [0.25, 0.3) is 0 Å². The Hall–Kier alpha value is -3.42. The largest absolute Gasteiger partial charge is 0.481 e. The number of alkyl halides is 3. The Morgan fingerprint density at radius 3 is 2.64 bits per heavy atom. The van der Waals surface area contributed by atoms with Gasteiger partial charge in [0.1, 0.15) is 5.52 Å². The highest BCUT2D eigenvalue weighted by molar-refractivity contribution is 5.80. The summed E-state index contributed by atoms with van der Waals surface area (Å²) in [6.07, 6.45) is 0.408. The lowest BCUT2D eigenvalue weighted by atomic mass is 10.0. The van der Waals surface area contributed by atoms with Crippen LogP contribution in [0, 0.1) is 0 Å². The first kappa shape index (κ1) is 18.0. The van der Waals surface area contributed by atoms with Crippen molar-refractivity contribution in [2.24, 2.45) is 0 Å². The van der Waals surface area contributed by atoms with E-state index >= 15 is 0 Å². The Bertz CT molecular complexity index is 1140. The van der Waals surface area contributed by atoms with Crippen LogP contribution in [-0.2, 0) is 12.7 Å². The minimum Gasteiger partial charge on any atom is -0.481 e. The highest BCUT2D eigenvalue weighted by atomic mass is 19.4. The molecule has 4 rings (SSSR count). The second-order valence-corrected chi connectivity index (χ2v) is 6.18. The van der Waals surface area contributed by atoms with Crippen LogP contribution in [0.3, 0.4) is 0 Å². The number of nitrogens with zero attached hydrogens (tertiary/aromatic N) is 4. The molecule has 8 heteroatoms. The standard InChI is InChI=1S/C20H15F3N4O/c1-28-19-14(5-3-7-24-19)12-27-18-9-15(10-25-17(18)11-26-27)13-4-2-6-16(8-13)20(21,22)23/h2-11H,12H2,1H3. The topological polar surface area (TPSA) is 52.8 Å². The number of pyridine rings is 2. The van der Waals surface area contributed by atoms with Gasteiger partial charge in [-0.15, -0.1) is 0 Å². The van der Waals surface area contributed by atoms with Crippen molar-refractivity contribution in [3.63, 3.8) is 0 Å². The molecule has 0 amide bonds. The number of ether oxygens (including phenoxy) is 1. The number of halogens is 3. The van der Waals surface area contributed by atoms with E-state index in [1.165, 1.54) is 6.07 Å². The molecule has 142 valence electrons. The quantitative estimate of drug-likeness (QED) is 0.517. The number of rotatable bonds is 4. The first-order valence-electron chi connectivity index (χ1n) is 8.43. The molecule has 0 bridgehead atoms. The van der Waals surface area contributed by atoms with Gasteiger partial charge >= 0.3 is 6.18 Å². The number of methoxy groups -OCH3 is 1. The molecule has 0 atom stereocenters. The molecule has 0 aliphatic heterocycles. The fourth-order valence-electron chi connectivity index (χ4n) is 3.01. The Balaban J connectivity index is 1.75. The minimum atomic E-state index is -4.40. The molecule has 4 aromatic rings. The van der Waals surface area contributed by atoms with Crippen molar-refractivity contribution in [2.45, 2.75) is 12.7 Å². The van der Waals surface area contributed by atoms with Gasteiger partial charge in [-0.2, -0.15) is 18.3 Å². The summed E-state index contributed by atoms with van der Waals surface area (Å²) in [4.78, 5) is 8.51. The summed E-state index contributed by atoms with van der Waals surface area (Å²) >= 11 is 0. The van der Waals surface area contributed by atoms with Crippen LogP contribution >= 0.6 is 0 Å². The maximum absolute atomic E-state index is 13.0. The number of hydrogen-bond donors (Lipinski definition) is 0. The van der Waals surface area contributed by atoms with Crippen LogP contribution < -0.4 is 4.74 Å². The molecule has 5 nitrogen and oxygen atoms in total. The zero-order chi connectivity index (χ0) is 19.7. The predicted octanol–water partition coefficient (Wildman–Crippen LogP) is 4.57. The molecule has 0 fully saturated rings. The lowest BCUT2D eigenvalue weighted by Gasteiger charge is -2.10. The highest BCUT2D eigenvalue weighted by Crippen LogP contribution is 2.32. The van der Waals surface area contributed by atoms with Gasteiger partial charge in [-0.05, 0) is 29.8 Å². The SMILES string of the molecule is COc1ncccc1Cn1ncc2ncc(-c3cccc(C(F)(F)F)c3)cc21. The third kappa shape index (κ3) is 3.40. The summed E-state index contributed by atoms with van der Waals surface area (Å²) in [6.45, 7) is 0.397. The lowest BCUT2D eigenvalue weighted by Crippen LogP contribution is -2.05. The van der Waals surface area contributed by atoms with Gasteiger partial charge in [-0.3, -0.25) is 9.67 Å². The van der Waals surface area contributed by atoms with E-state index in [0.29, 0.717) is 34.6 Å². The van der Waals surface area contributed by atoms with Crippen LogP contribution in [-0.4, -0.2) is 26.9 Å². The Kier molecular flexibility index (Phi) is 4.46. The van der Waals surface area contributed by atoms with E-state index in [0.717, 1.165) is 17.7 Å². The van der Waals surface area contributed by atoms with Crippen molar-refractivity contribution in [3.8, 4) is 17.0 Å². The second kappa shape index (κ2) is 6.95. The summed E-state index contributed by atoms with van der Waals surface area (Å²) in [6, 6.07) is 10.7. The minimum absolute atomic E-state index is 0.397. The lowest BCUT2D eigenvalue weighted by molar-refractivity contribution is -0.137. The second-order valence-electron chi connectivity index (χ2n) is 6.18. The van der Waals surface area contributed by atoms with Gasteiger partial charge in [-0.1, -0.05) is 18.2 Å². The van der Waals surface area contributed by atoms with Gasteiger partial charge < -0.3 is 4.74 Å². The Labute approximate surface area is 158 Å². The van der Waals surface area contributed by atoms with Crippen molar-refractivity contribution in [2.75, 3.05) is 7.11 Å². The zero-order valence-electron chi connectivity index (χ0n) is 14.8. The summed E-state index contributed by atoms with van der Waals surface area (Å²) in [7, 11) is 1.54. The highest BCUT2D eigenvalue weighted by Gasteiger charge is 2.30. The smallest absolute Gasteiger partial charge is 0.416 e. The van der Waals surface area contributed by atoms with Crippen molar-refractivity contribution in [1.29, 1.82) is 0 Å². The van der Waals surface area contributed by atoms with Gasteiger partial charge in [0.2, 0.25) is 5.88 Å².